The van der Waals surface area contributed by atoms with Gasteiger partial charge in [0.15, 0.2) is 0 Å². The molecule has 0 fully saturated rings. The van der Waals surface area contributed by atoms with Crippen LogP contribution in [0, 0.1) is 5.92 Å². The highest BCUT2D eigenvalue weighted by atomic mass is 35.5. The lowest BCUT2D eigenvalue weighted by Crippen LogP contribution is -2.38. The van der Waals surface area contributed by atoms with E-state index in [1.165, 1.54) is 0 Å². The summed E-state index contributed by atoms with van der Waals surface area (Å²) in [5, 5.41) is 12.8. The average Bonchev–Trinajstić information content (AvgIpc) is 2.39. The number of aliphatic hydroxyl groups is 1. The number of halogens is 1. The molecule has 1 atom stereocenters. The van der Waals surface area contributed by atoms with E-state index in [4.69, 9.17) is 11.6 Å². The SMILES string of the molecule is CC(C)CC(CO)NC(=O)CCSc1ccc(Cl)cc1. The van der Waals surface area contributed by atoms with E-state index in [9.17, 15) is 9.90 Å². The summed E-state index contributed by atoms with van der Waals surface area (Å²) in [6.07, 6.45) is 1.24. The Balaban J connectivity index is 2.27. The largest absolute Gasteiger partial charge is 0.394 e. The molecule has 0 aliphatic heterocycles. The van der Waals surface area contributed by atoms with Gasteiger partial charge in [-0.2, -0.15) is 0 Å². The number of hydrogen-bond donors (Lipinski definition) is 2. The van der Waals surface area contributed by atoms with Crippen LogP contribution < -0.4 is 5.32 Å². The van der Waals surface area contributed by atoms with Gasteiger partial charge in [0.1, 0.15) is 0 Å². The van der Waals surface area contributed by atoms with E-state index < -0.39 is 0 Å². The molecular weight excluding hydrogens is 294 g/mol. The van der Waals surface area contributed by atoms with Gasteiger partial charge < -0.3 is 10.4 Å². The van der Waals surface area contributed by atoms with Crippen molar-refractivity contribution in [1.29, 1.82) is 0 Å². The lowest BCUT2D eigenvalue weighted by Gasteiger charge is -2.18. The van der Waals surface area contributed by atoms with Crippen molar-refractivity contribution in [2.75, 3.05) is 12.4 Å². The molecule has 1 rings (SSSR count). The second kappa shape index (κ2) is 9.27. The average molecular weight is 316 g/mol. The highest BCUT2D eigenvalue weighted by Crippen LogP contribution is 2.20. The molecule has 3 nitrogen and oxygen atoms in total. The quantitative estimate of drug-likeness (QED) is 0.723. The van der Waals surface area contributed by atoms with Crippen LogP contribution in [0.15, 0.2) is 29.2 Å². The van der Waals surface area contributed by atoms with Crippen LogP contribution in [0.25, 0.3) is 0 Å². The van der Waals surface area contributed by atoms with Gasteiger partial charge in [0, 0.05) is 22.1 Å². The molecule has 0 aliphatic rings. The molecule has 112 valence electrons. The fourth-order valence-electron chi connectivity index (χ4n) is 1.84. The van der Waals surface area contributed by atoms with Crippen molar-refractivity contribution < 1.29 is 9.90 Å². The van der Waals surface area contributed by atoms with Crippen molar-refractivity contribution in [3.05, 3.63) is 29.3 Å². The monoisotopic (exact) mass is 315 g/mol. The third-order valence-corrected chi connectivity index (χ3v) is 4.02. The van der Waals surface area contributed by atoms with E-state index in [0.717, 1.165) is 11.3 Å². The second-order valence-corrected chi connectivity index (χ2v) is 6.73. The van der Waals surface area contributed by atoms with E-state index in [-0.39, 0.29) is 18.6 Å². The Kier molecular flexibility index (Phi) is 8.04. The molecule has 2 N–H and O–H groups in total. The van der Waals surface area contributed by atoms with Crippen molar-refractivity contribution in [1.82, 2.24) is 5.32 Å². The molecule has 1 aromatic carbocycles. The van der Waals surface area contributed by atoms with E-state index >= 15 is 0 Å². The number of nitrogens with one attached hydrogen (secondary N) is 1. The summed E-state index contributed by atoms with van der Waals surface area (Å²) in [5.41, 5.74) is 0. The van der Waals surface area contributed by atoms with Gasteiger partial charge in [-0.25, -0.2) is 0 Å². The van der Waals surface area contributed by atoms with Gasteiger partial charge in [0.05, 0.1) is 12.6 Å². The lowest BCUT2D eigenvalue weighted by molar-refractivity contribution is -0.121. The standard InChI is InChI=1S/C15H22ClNO2S/c1-11(2)9-13(10-18)17-15(19)7-8-20-14-5-3-12(16)4-6-14/h3-6,11,13,18H,7-10H2,1-2H3,(H,17,19). The number of carbonyl (C=O) groups is 1. The maximum absolute atomic E-state index is 11.8. The Bertz CT molecular complexity index is 409. The summed E-state index contributed by atoms with van der Waals surface area (Å²) in [6, 6.07) is 7.44. The fraction of sp³-hybridized carbons (Fsp3) is 0.533. The van der Waals surface area contributed by atoms with Gasteiger partial charge in [0.2, 0.25) is 5.91 Å². The van der Waals surface area contributed by atoms with Crippen LogP contribution in [0.3, 0.4) is 0 Å². The first-order valence-electron chi connectivity index (χ1n) is 6.80. The van der Waals surface area contributed by atoms with Crippen LogP contribution in [0.5, 0.6) is 0 Å². The lowest BCUT2D eigenvalue weighted by atomic mass is 10.0. The maximum Gasteiger partial charge on any atom is 0.221 e. The predicted octanol–water partition coefficient (Wildman–Crippen LogP) is 3.35. The third-order valence-electron chi connectivity index (χ3n) is 2.75. The molecule has 1 unspecified atom stereocenters. The molecule has 0 aromatic heterocycles. The highest BCUT2D eigenvalue weighted by Gasteiger charge is 2.12. The molecule has 0 aliphatic carbocycles. The molecule has 0 spiro atoms. The van der Waals surface area contributed by atoms with Crippen LogP contribution in [0.1, 0.15) is 26.7 Å². The summed E-state index contributed by atoms with van der Waals surface area (Å²) in [6.45, 7) is 4.14. The van der Waals surface area contributed by atoms with Gasteiger partial charge in [0.25, 0.3) is 0 Å². The number of amides is 1. The molecule has 1 amide bonds. The first kappa shape index (κ1) is 17.3. The Labute approximate surface area is 130 Å². The van der Waals surface area contributed by atoms with Gasteiger partial charge >= 0.3 is 0 Å². The molecule has 0 saturated heterocycles. The molecule has 0 heterocycles. The van der Waals surface area contributed by atoms with Crippen LogP contribution in [0.2, 0.25) is 5.02 Å². The van der Waals surface area contributed by atoms with E-state index in [1.807, 2.05) is 24.3 Å². The van der Waals surface area contributed by atoms with Crippen molar-refractivity contribution in [3.63, 3.8) is 0 Å². The van der Waals surface area contributed by atoms with Crippen LogP contribution in [-0.4, -0.2) is 29.4 Å². The second-order valence-electron chi connectivity index (χ2n) is 5.13. The Morgan fingerprint density at radius 2 is 2.00 bits per heavy atom. The normalized spacial score (nSPS) is 12.4. The van der Waals surface area contributed by atoms with Gasteiger partial charge in [-0.15, -0.1) is 11.8 Å². The molecular formula is C15H22ClNO2S. The van der Waals surface area contributed by atoms with Crippen molar-refractivity contribution in [2.24, 2.45) is 5.92 Å². The minimum absolute atomic E-state index is 0.00571. The molecule has 0 bridgehead atoms. The number of aliphatic hydroxyl groups excluding tert-OH is 1. The van der Waals surface area contributed by atoms with E-state index in [1.54, 1.807) is 11.8 Å². The first-order chi connectivity index (χ1) is 9.51. The summed E-state index contributed by atoms with van der Waals surface area (Å²) in [5.74, 6) is 1.16. The zero-order valence-electron chi connectivity index (χ0n) is 11.9. The molecule has 5 heteroatoms. The van der Waals surface area contributed by atoms with Gasteiger partial charge in [-0.3, -0.25) is 4.79 Å². The fourth-order valence-corrected chi connectivity index (χ4v) is 2.82. The van der Waals surface area contributed by atoms with Gasteiger partial charge in [-0.1, -0.05) is 25.4 Å². The molecule has 20 heavy (non-hydrogen) atoms. The number of hydrogen-bond acceptors (Lipinski definition) is 3. The van der Waals surface area contributed by atoms with Crippen molar-refractivity contribution in [2.45, 2.75) is 37.6 Å². The Morgan fingerprint density at radius 1 is 1.35 bits per heavy atom. The molecule has 0 radical (unpaired) electrons. The summed E-state index contributed by atoms with van der Waals surface area (Å²) in [4.78, 5) is 12.9. The van der Waals surface area contributed by atoms with Crippen LogP contribution in [0.4, 0.5) is 0 Å². The summed E-state index contributed by atoms with van der Waals surface area (Å²) in [7, 11) is 0. The number of benzene rings is 1. The zero-order valence-corrected chi connectivity index (χ0v) is 13.5. The third kappa shape index (κ3) is 7.17. The molecule has 1 aromatic rings. The number of rotatable bonds is 8. The van der Waals surface area contributed by atoms with Crippen LogP contribution in [-0.2, 0) is 4.79 Å². The minimum Gasteiger partial charge on any atom is -0.394 e. The smallest absolute Gasteiger partial charge is 0.221 e. The first-order valence-corrected chi connectivity index (χ1v) is 8.16. The Hall–Kier alpha value is -0.710. The number of carbonyl (C=O) groups excluding carboxylic acids is 1. The molecule has 0 saturated carbocycles. The topological polar surface area (TPSA) is 49.3 Å². The minimum atomic E-state index is -0.136. The van der Waals surface area contributed by atoms with Crippen molar-refractivity contribution >= 4 is 29.3 Å². The predicted molar refractivity (Wildman–Crippen MR) is 85.3 cm³/mol. The zero-order chi connectivity index (χ0) is 15.0. The highest BCUT2D eigenvalue weighted by molar-refractivity contribution is 7.99. The number of thioether (sulfide) groups is 1. The van der Waals surface area contributed by atoms with E-state index in [2.05, 4.69) is 19.2 Å². The summed E-state index contributed by atoms with van der Waals surface area (Å²) >= 11 is 7.44. The Morgan fingerprint density at radius 3 is 2.55 bits per heavy atom. The van der Waals surface area contributed by atoms with E-state index in [0.29, 0.717) is 23.1 Å². The van der Waals surface area contributed by atoms with Crippen LogP contribution >= 0.6 is 23.4 Å². The van der Waals surface area contributed by atoms with Gasteiger partial charge in [-0.05, 0) is 36.6 Å². The summed E-state index contributed by atoms with van der Waals surface area (Å²) < 4.78 is 0. The van der Waals surface area contributed by atoms with Crippen molar-refractivity contribution in [3.8, 4) is 0 Å². The maximum atomic E-state index is 11.8.